The Balaban J connectivity index is 2.04. The van der Waals surface area contributed by atoms with E-state index in [9.17, 15) is 9.59 Å². The molecular weight excluding hydrogens is 336 g/mol. The topological polar surface area (TPSA) is 84.0 Å². The minimum Gasteiger partial charge on any atom is -0.350 e. The number of carbonyl (C=O) groups excluding carboxylic acids is 2. The van der Waals surface area contributed by atoms with Crippen LogP contribution >= 0.6 is 11.3 Å². The van der Waals surface area contributed by atoms with E-state index in [1.807, 2.05) is 13.8 Å². The summed E-state index contributed by atoms with van der Waals surface area (Å²) in [6.45, 7) is 8.15. The van der Waals surface area contributed by atoms with Crippen LogP contribution in [-0.4, -0.2) is 28.1 Å². The molecule has 0 bridgehead atoms. The van der Waals surface area contributed by atoms with Crippen molar-refractivity contribution in [3.63, 3.8) is 0 Å². The number of benzene rings is 1. The fourth-order valence-corrected chi connectivity index (χ4v) is 3.06. The van der Waals surface area contributed by atoms with Gasteiger partial charge in [0.15, 0.2) is 0 Å². The third kappa shape index (κ3) is 5.63. The van der Waals surface area contributed by atoms with Gasteiger partial charge in [-0.15, -0.1) is 10.2 Å². The molecule has 1 atom stereocenters. The van der Waals surface area contributed by atoms with E-state index in [1.165, 1.54) is 11.3 Å². The van der Waals surface area contributed by atoms with Gasteiger partial charge in [-0.05, 0) is 37.5 Å². The van der Waals surface area contributed by atoms with Crippen molar-refractivity contribution < 1.29 is 9.59 Å². The van der Waals surface area contributed by atoms with E-state index in [2.05, 4.69) is 34.7 Å². The molecule has 0 unspecified atom stereocenters. The number of hydrogen-bond acceptors (Lipinski definition) is 5. The molecule has 2 rings (SSSR count). The van der Waals surface area contributed by atoms with Gasteiger partial charge in [0.2, 0.25) is 5.01 Å². The summed E-state index contributed by atoms with van der Waals surface area (Å²) in [6.07, 6.45) is 1.66. The fourth-order valence-electron chi connectivity index (χ4n) is 2.11. The summed E-state index contributed by atoms with van der Waals surface area (Å²) >= 11 is 1.30. The van der Waals surface area contributed by atoms with E-state index in [4.69, 9.17) is 0 Å². The average molecular weight is 360 g/mol. The second-order valence-electron chi connectivity index (χ2n) is 6.42. The molecule has 134 valence electrons. The van der Waals surface area contributed by atoms with Gasteiger partial charge in [0.1, 0.15) is 5.01 Å². The van der Waals surface area contributed by atoms with Crippen molar-refractivity contribution in [3.8, 4) is 0 Å². The van der Waals surface area contributed by atoms with E-state index in [1.54, 1.807) is 24.3 Å². The van der Waals surface area contributed by atoms with Gasteiger partial charge in [-0.2, -0.15) is 0 Å². The second-order valence-corrected chi connectivity index (χ2v) is 7.48. The fraction of sp³-hybridized carbons (Fsp3) is 0.444. The SMILES string of the molecule is CC[C@@H](C)NC(=O)c1cccc(NC(=O)c2nnc(CC(C)C)s2)c1. The molecule has 0 aliphatic rings. The summed E-state index contributed by atoms with van der Waals surface area (Å²) in [5, 5.41) is 14.9. The van der Waals surface area contributed by atoms with Crippen molar-refractivity contribution in [2.45, 2.75) is 46.6 Å². The van der Waals surface area contributed by atoms with Gasteiger partial charge in [0.25, 0.3) is 11.8 Å². The molecule has 1 aromatic heterocycles. The Hall–Kier alpha value is -2.28. The molecule has 1 aromatic carbocycles. The molecule has 0 saturated carbocycles. The molecular formula is C18H24N4O2S. The lowest BCUT2D eigenvalue weighted by atomic mass is 10.1. The van der Waals surface area contributed by atoms with Crippen molar-refractivity contribution in [2.24, 2.45) is 5.92 Å². The Bertz CT molecular complexity index is 742. The van der Waals surface area contributed by atoms with Crippen LogP contribution in [0.4, 0.5) is 5.69 Å². The molecule has 0 saturated heterocycles. The summed E-state index contributed by atoms with van der Waals surface area (Å²) in [5.41, 5.74) is 1.07. The Labute approximate surface area is 152 Å². The highest BCUT2D eigenvalue weighted by Gasteiger charge is 2.15. The monoisotopic (exact) mass is 360 g/mol. The first kappa shape index (κ1) is 19.1. The van der Waals surface area contributed by atoms with Gasteiger partial charge in [-0.1, -0.05) is 38.2 Å². The molecule has 7 heteroatoms. The Kier molecular flexibility index (Phi) is 6.64. The summed E-state index contributed by atoms with van der Waals surface area (Å²) in [7, 11) is 0. The first-order valence-electron chi connectivity index (χ1n) is 8.43. The van der Waals surface area contributed by atoms with Gasteiger partial charge >= 0.3 is 0 Å². The highest BCUT2D eigenvalue weighted by molar-refractivity contribution is 7.13. The normalized spacial score (nSPS) is 12.0. The molecule has 0 aliphatic carbocycles. The molecule has 6 nitrogen and oxygen atoms in total. The van der Waals surface area contributed by atoms with Gasteiger partial charge in [-0.3, -0.25) is 9.59 Å². The second kappa shape index (κ2) is 8.71. The van der Waals surface area contributed by atoms with Crippen molar-refractivity contribution in [1.29, 1.82) is 0 Å². The van der Waals surface area contributed by atoms with Crippen LogP contribution in [0, 0.1) is 5.92 Å². The Morgan fingerprint density at radius 1 is 1.16 bits per heavy atom. The zero-order valence-electron chi connectivity index (χ0n) is 15.0. The number of amides is 2. The van der Waals surface area contributed by atoms with E-state index in [0.29, 0.717) is 22.2 Å². The van der Waals surface area contributed by atoms with Crippen LogP contribution in [0.1, 0.15) is 59.3 Å². The smallest absolute Gasteiger partial charge is 0.286 e. The molecule has 0 radical (unpaired) electrons. The summed E-state index contributed by atoms with van der Waals surface area (Å²) in [6, 6.07) is 6.97. The van der Waals surface area contributed by atoms with Crippen molar-refractivity contribution in [2.75, 3.05) is 5.32 Å². The predicted octanol–water partition coefficient (Wildman–Crippen LogP) is 3.52. The molecule has 0 aliphatic heterocycles. The minimum atomic E-state index is -0.313. The number of nitrogens with zero attached hydrogens (tertiary/aromatic N) is 2. The summed E-state index contributed by atoms with van der Waals surface area (Å²) in [4.78, 5) is 24.5. The number of nitrogens with one attached hydrogen (secondary N) is 2. The van der Waals surface area contributed by atoms with Gasteiger partial charge in [-0.25, -0.2) is 0 Å². The quantitative estimate of drug-likeness (QED) is 0.791. The third-order valence-electron chi connectivity index (χ3n) is 3.62. The lowest BCUT2D eigenvalue weighted by molar-refractivity contribution is 0.0938. The number of carbonyl (C=O) groups is 2. The molecule has 2 aromatic rings. The number of hydrogen-bond donors (Lipinski definition) is 2. The van der Waals surface area contributed by atoms with Crippen LogP contribution in [0.2, 0.25) is 0 Å². The zero-order chi connectivity index (χ0) is 18.4. The first-order chi connectivity index (χ1) is 11.9. The zero-order valence-corrected chi connectivity index (χ0v) is 15.8. The molecule has 1 heterocycles. The Morgan fingerprint density at radius 3 is 2.60 bits per heavy atom. The van der Waals surface area contributed by atoms with Crippen LogP contribution in [0.3, 0.4) is 0 Å². The first-order valence-corrected chi connectivity index (χ1v) is 9.25. The van der Waals surface area contributed by atoms with Crippen LogP contribution in [0.25, 0.3) is 0 Å². The van der Waals surface area contributed by atoms with Gasteiger partial charge < -0.3 is 10.6 Å². The standard InChI is InChI=1S/C18H24N4O2S/c1-5-12(4)19-16(23)13-7-6-8-14(10-13)20-17(24)18-22-21-15(25-18)9-11(2)3/h6-8,10-12H,5,9H2,1-4H3,(H,19,23)(H,20,24)/t12-/m1/s1. The molecule has 0 spiro atoms. The predicted molar refractivity (Wildman–Crippen MR) is 100 cm³/mol. The van der Waals surface area contributed by atoms with Crippen molar-refractivity contribution in [1.82, 2.24) is 15.5 Å². The minimum absolute atomic E-state index is 0.103. The lowest BCUT2D eigenvalue weighted by Crippen LogP contribution is -2.31. The maximum Gasteiger partial charge on any atom is 0.286 e. The highest BCUT2D eigenvalue weighted by atomic mass is 32.1. The maximum absolute atomic E-state index is 12.3. The molecule has 2 N–H and O–H groups in total. The van der Waals surface area contributed by atoms with Crippen LogP contribution in [0.5, 0.6) is 0 Å². The highest BCUT2D eigenvalue weighted by Crippen LogP contribution is 2.17. The summed E-state index contributed by atoms with van der Waals surface area (Å²) in [5.74, 6) is -0.00265. The number of aromatic nitrogens is 2. The molecule has 0 fully saturated rings. The lowest BCUT2D eigenvalue weighted by Gasteiger charge is -2.12. The van der Waals surface area contributed by atoms with Crippen LogP contribution in [-0.2, 0) is 6.42 Å². The molecule has 2 amide bonds. The van der Waals surface area contributed by atoms with E-state index in [0.717, 1.165) is 17.8 Å². The van der Waals surface area contributed by atoms with E-state index in [-0.39, 0.29) is 17.9 Å². The van der Waals surface area contributed by atoms with Crippen molar-refractivity contribution >= 4 is 28.8 Å². The Morgan fingerprint density at radius 2 is 1.92 bits per heavy atom. The van der Waals surface area contributed by atoms with Crippen LogP contribution < -0.4 is 10.6 Å². The van der Waals surface area contributed by atoms with Gasteiger partial charge in [0.05, 0.1) is 0 Å². The molecule has 25 heavy (non-hydrogen) atoms. The number of rotatable bonds is 7. The van der Waals surface area contributed by atoms with E-state index >= 15 is 0 Å². The van der Waals surface area contributed by atoms with Crippen molar-refractivity contribution in [3.05, 3.63) is 39.8 Å². The largest absolute Gasteiger partial charge is 0.350 e. The van der Waals surface area contributed by atoms with Crippen LogP contribution in [0.15, 0.2) is 24.3 Å². The van der Waals surface area contributed by atoms with Gasteiger partial charge in [0, 0.05) is 23.7 Å². The third-order valence-corrected chi connectivity index (χ3v) is 4.56. The summed E-state index contributed by atoms with van der Waals surface area (Å²) < 4.78 is 0. The maximum atomic E-state index is 12.3. The van der Waals surface area contributed by atoms with E-state index < -0.39 is 0 Å². The number of anilines is 1. The average Bonchev–Trinajstić information content (AvgIpc) is 3.02.